The van der Waals surface area contributed by atoms with Gasteiger partial charge in [0.05, 0.1) is 0 Å². The van der Waals surface area contributed by atoms with Gasteiger partial charge >= 0.3 is 29.7 Å². The van der Waals surface area contributed by atoms with E-state index in [1.807, 2.05) is 0 Å². The molecule has 0 radical (unpaired) electrons. The van der Waals surface area contributed by atoms with Crippen molar-refractivity contribution in [1.82, 2.24) is 0 Å². The zero-order valence-electron chi connectivity index (χ0n) is 6.61. The molecule has 0 aromatic heterocycles. The van der Waals surface area contributed by atoms with Gasteiger partial charge in [0.25, 0.3) is 0 Å². The molecule has 0 nitrogen and oxygen atoms in total. The molecule has 1 aliphatic carbocycles. The van der Waals surface area contributed by atoms with Crippen LogP contribution < -0.4 is 0 Å². The number of allylic oxidation sites excluding steroid dienone is 4. The minimum absolute atomic E-state index is 1.16. The molecule has 0 unspecified atom stereocenters. The van der Waals surface area contributed by atoms with Crippen LogP contribution >= 0.6 is 0 Å². The first-order valence-electron chi connectivity index (χ1n) is 3.67. The van der Waals surface area contributed by atoms with Gasteiger partial charge in [-0.25, -0.2) is 0 Å². The third-order valence-corrected chi connectivity index (χ3v) is 1.39. The van der Waals surface area contributed by atoms with Crippen LogP contribution in [0.4, 0.5) is 5.25 Å². The van der Waals surface area contributed by atoms with Gasteiger partial charge in [-0.15, -0.1) is 0 Å². The summed E-state index contributed by atoms with van der Waals surface area (Å²) < 4.78 is 19.6. The van der Waals surface area contributed by atoms with Crippen molar-refractivity contribution in [2.24, 2.45) is 0 Å². The molecule has 0 N–H and O–H groups in total. The van der Waals surface area contributed by atoms with Gasteiger partial charge in [0.1, 0.15) is 0 Å². The van der Waals surface area contributed by atoms with Crippen molar-refractivity contribution >= 4 is 0 Å². The average Bonchev–Trinajstić information content (AvgIpc) is 2.42. The van der Waals surface area contributed by atoms with E-state index >= 15 is 0 Å². The third-order valence-electron chi connectivity index (χ3n) is 1.39. The summed E-state index contributed by atoms with van der Waals surface area (Å²) in [7, 11) is 0. The van der Waals surface area contributed by atoms with Gasteiger partial charge in [-0.2, -0.15) is 0 Å². The normalized spacial score (nSPS) is 13.5. The molecule has 0 heterocycles. The number of hydrogen-bond donors (Lipinski definition) is 0. The number of halogens is 2. The fourth-order valence-electron chi connectivity index (χ4n) is 0.981. The van der Waals surface area contributed by atoms with E-state index in [0.717, 1.165) is 6.42 Å². The minimum atomic E-state index is -2.77. The molecular weight excluding hydrogens is 225 g/mol. The summed E-state index contributed by atoms with van der Waals surface area (Å²) in [6.07, 6.45) is 10.4. The molecule has 0 bridgehead atoms. The molecular formula is C8H12F2Zr. The van der Waals surface area contributed by atoms with E-state index in [9.17, 15) is 5.25 Å². The van der Waals surface area contributed by atoms with Gasteiger partial charge in [-0.3, -0.25) is 0 Å². The first kappa shape index (κ1) is 11.2. The van der Waals surface area contributed by atoms with E-state index in [2.05, 4.69) is 25.2 Å². The van der Waals surface area contributed by atoms with Crippen molar-refractivity contribution in [1.29, 1.82) is 0 Å². The standard InChI is InChI=1S/C8H12.2FH.Zr/c1-2-5-8-6-3-4-7-8;;;/h3,6-7H,2,4-5H2,1H3;2*1H;/q;;;+2/p-2. The van der Waals surface area contributed by atoms with Crippen molar-refractivity contribution in [2.75, 3.05) is 0 Å². The quantitative estimate of drug-likeness (QED) is 0.689. The van der Waals surface area contributed by atoms with Crippen LogP contribution in [0.5, 0.6) is 0 Å². The Morgan fingerprint density at radius 2 is 2.18 bits per heavy atom. The number of hydrogen-bond acceptors (Lipinski definition) is 0. The maximum absolute atomic E-state index is 9.80. The van der Waals surface area contributed by atoms with E-state index in [4.69, 9.17) is 0 Å². The Kier molecular flexibility index (Phi) is 8.49. The van der Waals surface area contributed by atoms with E-state index < -0.39 is 24.5 Å². The third kappa shape index (κ3) is 6.61. The molecule has 1 rings (SSSR count). The molecule has 3 heteroatoms. The summed E-state index contributed by atoms with van der Waals surface area (Å²) in [4.78, 5) is 0. The Balaban J connectivity index is 0.000000292. The summed E-state index contributed by atoms with van der Waals surface area (Å²) in [5, 5.41) is 0. The van der Waals surface area contributed by atoms with Crippen LogP contribution in [0, 0.1) is 0 Å². The monoisotopic (exact) mass is 236 g/mol. The molecule has 0 spiro atoms. The van der Waals surface area contributed by atoms with E-state index in [0.29, 0.717) is 0 Å². The molecule has 0 saturated carbocycles. The first-order valence-corrected chi connectivity index (χ1v) is 5.52. The average molecular weight is 237 g/mol. The van der Waals surface area contributed by atoms with Gasteiger partial charge in [0, 0.05) is 0 Å². The summed E-state index contributed by atoms with van der Waals surface area (Å²) >= 11 is -2.77. The molecule has 0 atom stereocenters. The van der Waals surface area contributed by atoms with Crippen LogP contribution in [0.3, 0.4) is 0 Å². The van der Waals surface area contributed by atoms with Crippen LogP contribution in [0.25, 0.3) is 0 Å². The molecule has 62 valence electrons. The van der Waals surface area contributed by atoms with Gasteiger partial charge < -0.3 is 0 Å². The number of rotatable bonds is 2. The Morgan fingerprint density at radius 3 is 2.55 bits per heavy atom. The summed E-state index contributed by atoms with van der Waals surface area (Å²) in [5.41, 5.74) is 1.52. The molecule has 0 aliphatic heterocycles. The van der Waals surface area contributed by atoms with Crippen LogP contribution in [0.15, 0.2) is 23.8 Å². The van der Waals surface area contributed by atoms with Crippen molar-refractivity contribution in [2.45, 2.75) is 26.2 Å². The van der Waals surface area contributed by atoms with Crippen LogP contribution in [-0.4, -0.2) is 0 Å². The molecule has 11 heavy (non-hydrogen) atoms. The van der Waals surface area contributed by atoms with Crippen molar-refractivity contribution in [3.05, 3.63) is 23.8 Å². The second kappa shape index (κ2) is 8.32. The van der Waals surface area contributed by atoms with Gasteiger partial charge in [-0.1, -0.05) is 37.1 Å². The predicted octanol–water partition coefficient (Wildman–Crippen LogP) is 3.51. The Hall–Kier alpha value is 0.223. The van der Waals surface area contributed by atoms with Crippen molar-refractivity contribution < 1.29 is 29.7 Å². The maximum atomic E-state index is 9.80. The van der Waals surface area contributed by atoms with Crippen molar-refractivity contribution in [3.8, 4) is 0 Å². The summed E-state index contributed by atoms with van der Waals surface area (Å²) in [6.45, 7) is 2.22. The molecule has 0 fully saturated rings. The Labute approximate surface area is 79.7 Å². The Bertz CT molecular complexity index is 141. The van der Waals surface area contributed by atoms with Gasteiger partial charge in [-0.05, 0) is 12.8 Å². The predicted molar refractivity (Wildman–Crippen MR) is 39.0 cm³/mol. The second-order valence-electron chi connectivity index (χ2n) is 2.24. The molecule has 0 aromatic rings. The Morgan fingerprint density at radius 1 is 1.55 bits per heavy atom. The van der Waals surface area contributed by atoms with Crippen LogP contribution in [0.1, 0.15) is 26.2 Å². The van der Waals surface area contributed by atoms with Crippen LogP contribution in [0.2, 0.25) is 0 Å². The molecule has 1 aliphatic rings. The SMILES string of the molecule is CCCC1=CCC=C1.[F][Zr][F]. The van der Waals surface area contributed by atoms with Crippen LogP contribution in [-0.2, 0) is 24.5 Å². The summed E-state index contributed by atoms with van der Waals surface area (Å²) in [5.74, 6) is 0. The van der Waals surface area contributed by atoms with Gasteiger partial charge in [0.2, 0.25) is 0 Å². The zero-order chi connectivity index (χ0) is 8.53. The zero-order valence-corrected chi connectivity index (χ0v) is 9.07. The van der Waals surface area contributed by atoms with E-state index in [1.54, 1.807) is 0 Å². The molecule has 0 aromatic carbocycles. The second-order valence-corrected chi connectivity index (χ2v) is 2.59. The fraction of sp³-hybridized carbons (Fsp3) is 0.500. The fourth-order valence-corrected chi connectivity index (χ4v) is 0.981. The first-order chi connectivity index (χ1) is 5.35. The van der Waals surface area contributed by atoms with E-state index in [-0.39, 0.29) is 0 Å². The topological polar surface area (TPSA) is 0 Å². The summed E-state index contributed by atoms with van der Waals surface area (Å²) in [6, 6.07) is 0. The van der Waals surface area contributed by atoms with Crippen molar-refractivity contribution in [3.63, 3.8) is 0 Å². The van der Waals surface area contributed by atoms with Gasteiger partial charge in [0.15, 0.2) is 0 Å². The van der Waals surface area contributed by atoms with E-state index in [1.165, 1.54) is 18.4 Å². The molecule has 0 saturated heterocycles. The molecule has 0 amide bonds.